The molecule has 0 fully saturated rings. The van der Waals surface area contributed by atoms with Crippen molar-refractivity contribution in [2.75, 3.05) is 0 Å². The molecule has 0 saturated carbocycles. The smallest absolute Gasteiger partial charge is 0.494 e. The summed E-state index contributed by atoms with van der Waals surface area (Å²) in [5.41, 5.74) is 0.926. The lowest BCUT2D eigenvalue weighted by molar-refractivity contribution is 0.622. The summed E-state index contributed by atoms with van der Waals surface area (Å²) in [4.78, 5) is 4.23. The van der Waals surface area contributed by atoms with E-state index >= 15 is 0 Å². The molecule has 1 radical (unpaired) electrons. The molecule has 0 atom stereocenters. The van der Waals surface area contributed by atoms with Crippen LogP contribution >= 0.6 is 0 Å². The fraction of sp³-hybridized carbons (Fsp3) is 0.308. The highest BCUT2D eigenvalue weighted by Crippen LogP contribution is 2.21. The van der Waals surface area contributed by atoms with Crippen LogP contribution in [-0.4, -0.2) is 21.6 Å². The Hall–Kier alpha value is -1.04. The van der Waals surface area contributed by atoms with Crippen LogP contribution in [0.2, 0.25) is 0 Å². The van der Waals surface area contributed by atoms with Crippen molar-refractivity contribution in [2.45, 2.75) is 27.7 Å². The first-order valence-corrected chi connectivity index (χ1v) is 6.25. The van der Waals surface area contributed by atoms with E-state index in [1.807, 2.05) is 58.0 Å². The van der Waals surface area contributed by atoms with Gasteiger partial charge in [-0.3, -0.25) is 4.98 Å². The van der Waals surface area contributed by atoms with E-state index in [4.69, 9.17) is 3.79 Å². The number of hydrogen-bond acceptors (Lipinski definition) is 2. The Morgan fingerprint density at radius 3 is 2.25 bits per heavy atom. The lowest BCUT2D eigenvalue weighted by Crippen LogP contribution is -1.87. The summed E-state index contributed by atoms with van der Waals surface area (Å²) in [5, 5.41) is 1.11. The quantitative estimate of drug-likeness (QED) is 0.702. The van der Waals surface area contributed by atoms with Gasteiger partial charge in [0.25, 0.3) is 0 Å². The van der Waals surface area contributed by atoms with Crippen LogP contribution in [0.25, 0.3) is 10.9 Å². The van der Waals surface area contributed by atoms with E-state index in [0.717, 1.165) is 16.7 Å². The van der Waals surface area contributed by atoms with Crippen LogP contribution in [0.3, 0.4) is 0 Å². The van der Waals surface area contributed by atoms with E-state index in [2.05, 4.69) is 4.98 Å². The van der Waals surface area contributed by atoms with Crippen molar-refractivity contribution in [2.24, 2.45) is 0 Å². The zero-order valence-corrected chi connectivity index (χ0v) is 11.9. The van der Waals surface area contributed by atoms with Crippen LogP contribution in [-0.2, 0) is 0 Å². The first kappa shape index (κ1) is 15.0. The number of fused-ring (bicyclic) bond motifs is 1. The molecule has 3 heteroatoms. The molecule has 2 rings (SSSR count). The summed E-state index contributed by atoms with van der Waals surface area (Å²) in [6, 6.07) is 9.85. The average Bonchev–Trinajstić information content (AvgIpc) is 2.42. The minimum atomic E-state index is 0.839. The standard InChI is InChI=1S/C9H7NO.2C2H6.Al.H/c11-8-5-1-3-7-4-2-6-10-9(7)8;2*1-2;;/h1-6,11H;2*1-2H3;;/q;;;+1;/p-1. The van der Waals surface area contributed by atoms with E-state index in [-0.39, 0.29) is 0 Å². The van der Waals surface area contributed by atoms with Gasteiger partial charge in [-0.05, 0) is 12.1 Å². The van der Waals surface area contributed by atoms with Crippen LogP contribution in [0.4, 0.5) is 0 Å². The fourth-order valence-corrected chi connectivity index (χ4v) is 1.43. The largest absolute Gasteiger partial charge is 0.649 e. The number of para-hydroxylation sites is 1. The molecule has 0 aliphatic rings. The molecule has 0 unspecified atom stereocenters. The molecule has 0 amide bonds. The normalized spacial score (nSPS) is 8.25. The molecule has 16 heavy (non-hydrogen) atoms. The monoisotopic (exact) mass is 232 g/mol. The maximum atomic E-state index is 5.19. The molecule has 0 aliphatic heterocycles. The molecule has 0 aliphatic carbocycles. The second-order valence-corrected chi connectivity index (χ2v) is 2.76. The van der Waals surface area contributed by atoms with Crippen LogP contribution < -0.4 is 3.79 Å². The number of hydrogen-bond donors (Lipinski definition) is 0. The van der Waals surface area contributed by atoms with Gasteiger partial charge in [-0.15, -0.1) is 0 Å². The zero-order valence-electron chi connectivity index (χ0n) is 10.5. The molecular formula is C13H19AlNO. The van der Waals surface area contributed by atoms with Crippen LogP contribution in [0.15, 0.2) is 36.5 Å². The van der Waals surface area contributed by atoms with Crippen LogP contribution in [0.1, 0.15) is 27.7 Å². The van der Waals surface area contributed by atoms with Crippen LogP contribution in [0.5, 0.6) is 5.75 Å². The van der Waals surface area contributed by atoms with Gasteiger partial charge in [0.15, 0.2) is 0 Å². The van der Waals surface area contributed by atoms with Gasteiger partial charge < -0.3 is 3.79 Å². The highest BCUT2D eigenvalue weighted by Gasteiger charge is 1.97. The minimum absolute atomic E-state index is 0.839. The van der Waals surface area contributed by atoms with E-state index in [9.17, 15) is 0 Å². The minimum Gasteiger partial charge on any atom is -0.649 e. The van der Waals surface area contributed by atoms with E-state index in [1.54, 1.807) is 6.20 Å². The molecular weight excluding hydrogens is 213 g/mol. The van der Waals surface area contributed by atoms with Crippen molar-refractivity contribution < 1.29 is 3.79 Å². The summed E-state index contributed by atoms with van der Waals surface area (Å²) in [7, 11) is 0. The van der Waals surface area contributed by atoms with E-state index in [1.165, 1.54) is 16.6 Å². The second kappa shape index (κ2) is 9.21. The third kappa shape index (κ3) is 3.85. The maximum absolute atomic E-state index is 5.19. The lowest BCUT2D eigenvalue weighted by atomic mass is 10.2. The number of nitrogens with zero attached hydrogens (tertiary/aromatic N) is 1. The van der Waals surface area contributed by atoms with Gasteiger partial charge >= 0.3 is 16.6 Å². The third-order valence-electron chi connectivity index (χ3n) is 1.75. The Labute approximate surface area is 106 Å². The highest BCUT2D eigenvalue weighted by molar-refractivity contribution is 6.01. The molecule has 2 aromatic rings. The maximum Gasteiger partial charge on any atom is 0.494 e. The molecule has 1 aromatic carbocycles. The van der Waals surface area contributed by atoms with E-state index < -0.39 is 0 Å². The Balaban J connectivity index is 0.000000509. The van der Waals surface area contributed by atoms with E-state index in [0.29, 0.717) is 0 Å². The van der Waals surface area contributed by atoms with Crippen LogP contribution in [0, 0.1) is 0 Å². The molecule has 2 nitrogen and oxygen atoms in total. The third-order valence-corrected chi connectivity index (χ3v) is 2.06. The predicted octanol–water partition coefficient (Wildman–Crippen LogP) is 3.48. The first-order chi connectivity index (χ1) is 7.92. The highest BCUT2D eigenvalue weighted by atomic mass is 27.1. The summed E-state index contributed by atoms with van der Waals surface area (Å²) in [5.74, 6) is 0.839. The molecule has 1 aromatic heterocycles. The molecule has 0 bridgehead atoms. The molecule has 85 valence electrons. The van der Waals surface area contributed by atoms with Gasteiger partial charge in [0, 0.05) is 11.6 Å². The molecule has 0 spiro atoms. The number of benzene rings is 1. The number of rotatable bonds is 1. The molecule has 0 saturated heterocycles. The predicted molar refractivity (Wildman–Crippen MR) is 72.2 cm³/mol. The topological polar surface area (TPSA) is 22.1 Å². The Kier molecular flexibility index (Phi) is 8.61. The SMILES string of the molecule is CC.CC.[AlH][O]c1cccc2cccnc12. The number of pyridine rings is 1. The Morgan fingerprint density at radius 2 is 1.62 bits per heavy atom. The van der Waals surface area contributed by atoms with Crippen molar-refractivity contribution >= 4 is 27.5 Å². The average molecular weight is 232 g/mol. The zero-order chi connectivity index (χ0) is 12.4. The van der Waals surface area contributed by atoms with Gasteiger partial charge in [-0.1, -0.05) is 45.9 Å². The van der Waals surface area contributed by atoms with Gasteiger partial charge in [-0.2, -0.15) is 0 Å². The first-order valence-electron chi connectivity index (χ1n) is 5.67. The fourth-order valence-electron chi connectivity index (χ4n) is 1.19. The van der Waals surface area contributed by atoms with Gasteiger partial charge in [-0.25, -0.2) is 0 Å². The lowest BCUT2D eigenvalue weighted by Gasteiger charge is -2.04. The van der Waals surface area contributed by atoms with Crippen molar-refractivity contribution in [3.63, 3.8) is 0 Å². The number of aromatic nitrogens is 1. The van der Waals surface area contributed by atoms with Gasteiger partial charge in [0.2, 0.25) is 0 Å². The van der Waals surface area contributed by atoms with Crippen molar-refractivity contribution in [1.29, 1.82) is 0 Å². The summed E-state index contributed by atoms with van der Waals surface area (Å²) < 4.78 is 5.19. The summed E-state index contributed by atoms with van der Waals surface area (Å²) in [6.07, 6.45) is 1.77. The molecule has 0 N–H and O–H groups in total. The summed E-state index contributed by atoms with van der Waals surface area (Å²) in [6.45, 7) is 8.00. The summed E-state index contributed by atoms with van der Waals surface area (Å²) >= 11 is 1.47. The van der Waals surface area contributed by atoms with Gasteiger partial charge in [0.05, 0.1) is 0 Å². The van der Waals surface area contributed by atoms with Gasteiger partial charge in [0.1, 0.15) is 11.3 Å². The Morgan fingerprint density at radius 1 is 1.00 bits per heavy atom. The van der Waals surface area contributed by atoms with Crippen molar-refractivity contribution in [1.82, 2.24) is 4.98 Å². The second-order valence-electron chi connectivity index (χ2n) is 2.48. The molecule has 1 heterocycles. The van der Waals surface area contributed by atoms with Crippen molar-refractivity contribution in [3.05, 3.63) is 36.5 Å². The Bertz CT molecular complexity index is 399. The van der Waals surface area contributed by atoms with Crippen molar-refractivity contribution in [3.8, 4) is 5.75 Å².